The molecule has 0 radical (unpaired) electrons. The zero-order chi connectivity index (χ0) is 30.9. The van der Waals surface area contributed by atoms with Crippen LogP contribution in [0.1, 0.15) is 66.5 Å². The van der Waals surface area contributed by atoms with Gasteiger partial charge in [0.25, 0.3) is 0 Å². The molecule has 0 bridgehead atoms. The van der Waals surface area contributed by atoms with E-state index in [0.717, 1.165) is 0 Å². The van der Waals surface area contributed by atoms with Gasteiger partial charge in [-0.25, -0.2) is 4.79 Å². The van der Waals surface area contributed by atoms with Crippen LogP contribution in [0.4, 0.5) is 4.79 Å². The number of aliphatic carboxylic acids is 1. The molecule has 0 unspecified atom stereocenters. The quantitative estimate of drug-likeness (QED) is 0.298. The third-order valence-corrected chi connectivity index (χ3v) is 7.08. The molecule has 0 aliphatic carbocycles. The molecule has 2 aliphatic rings. The number of carbonyl (C=O) groups is 4. The monoisotopic (exact) mass is 607 g/mol. The molecule has 2 aliphatic heterocycles. The Morgan fingerprint density at radius 3 is 2.51 bits per heavy atom. The van der Waals surface area contributed by atoms with E-state index in [9.17, 15) is 24.3 Å². The smallest absolute Gasteiger partial charge is 0.326 e. The fourth-order valence-electron chi connectivity index (χ4n) is 5.03. The summed E-state index contributed by atoms with van der Waals surface area (Å²) in [4.78, 5) is 58.5. The first-order valence-corrected chi connectivity index (χ1v) is 14.0. The summed E-state index contributed by atoms with van der Waals surface area (Å²) in [5, 5.41) is 16.5. The molecule has 3 aromatic rings. The number of carboxylic acids is 1. The summed E-state index contributed by atoms with van der Waals surface area (Å²) in [6, 6.07) is 11.3. The van der Waals surface area contributed by atoms with E-state index >= 15 is 0 Å². The van der Waals surface area contributed by atoms with Crippen LogP contribution >= 0.6 is 11.6 Å². The topological polar surface area (TPSA) is 155 Å². The lowest BCUT2D eigenvalue weighted by Crippen LogP contribution is -2.55. The molecule has 0 spiro atoms. The Morgan fingerprint density at radius 2 is 1.88 bits per heavy atom. The average molecular weight is 608 g/mol. The SMILES string of the molecule is CC(C)(C)Oc1cc(C(=O)CC(=O)O)ccc1C1=N[C@@H](c2ccon2)[C@@H](c2ccc(Cl)cc2)N1C(=O)N1CCNC(=O)C1. The first-order valence-electron chi connectivity index (χ1n) is 13.6. The van der Waals surface area contributed by atoms with Gasteiger partial charge in [-0.05, 0) is 50.6 Å². The summed E-state index contributed by atoms with van der Waals surface area (Å²) in [6.45, 7) is 5.90. The Morgan fingerprint density at radius 1 is 1.14 bits per heavy atom. The largest absolute Gasteiger partial charge is 0.487 e. The fraction of sp³-hybridized carbons (Fsp3) is 0.333. The number of hydrogen-bond donors (Lipinski definition) is 2. The first-order chi connectivity index (χ1) is 20.4. The molecule has 1 saturated heterocycles. The molecule has 3 heterocycles. The summed E-state index contributed by atoms with van der Waals surface area (Å²) < 4.78 is 11.4. The van der Waals surface area contributed by atoms with Crippen LogP contribution in [0.25, 0.3) is 0 Å². The van der Waals surface area contributed by atoms with Crippen molar-refractivity contribution in [3.8, 4) is 5.75 Å². The minimum Gasteiger partial charge on any atom is -0.487 e. The van der Waals surface area contributed by atoms with Gasteiger partial charge in [0.05, 0.1) is 11.6 Å². The maximum absolute atomic E-state index is 14.3. The van der Waals surface area contributed by atoms with Crippen LogP contribution in [-0.2, 0) is 9.59 Å². The number of carbonyl (C=O) groups excluding carboxylic acids is 3. The summed E-state index contributed by atoms with van der Waals surface area (Å²) in [5.74, 6) is -1.69. The van der Waals surface area contributed by atoms with E-state index in [2.05, 4.69) is 10.5 Å². The highest BCUT2D eigenvalue weighted by Crippen LogP contribution is 2.45. The van der Waals surface area contributed by atoms with E-state index in [0.29, 0.717) is 28.4 Å². The lowest BCUT2D eigenvalue weighted by molar-refractivity contribution is -0.136. The minimum absolute atomic E-state index is 0.136. The van der Waals surface area contributed by atoms with Gasteiger partial charge in [0.1, 0.15) is 48.2 Å². The Labute approximate surface area is 252 Å². The predicted octanol–water partition coefficient (Wildman–Crippen LogP) is 4.26. The van der Waals surface area contributed by atoms with Crippen molar-refractivity contribution in [2.24, 2.45) is 4.99 Å². The van der Waals surface area contributed by atoms with E-state index in [1.807, 2.05) is 20.8 Å². The number of amidine groups is 1. The fourth-order valence-corrected chi connectivity index (χ4v) is 5.15. The zero-order valence-electron chi connectivity index (χ0n) is 23.7. The number of amides is 3. The molecule has 0 saturated carbocycles. The van der Waals surface area contributed by atoms with Gasteiger partial charge < -0.3 is 24.6 Å². The first kappa shape index (κ1) is 29.8. The van der Waals surface area contributed by atoms with Gasteiger partial charge in [0.2, 0.25) is 5.91 Å². The molecule has 2 aromatic carbocycles. The molecular weight excluding hydrogens is 578 g/mol. The molecule has 43 heavy (non-hydrogen) atoms. The van der Waals surface area contributed by atoms with Gasteiger partial charge in [-0.1, -0.05) is 35.0 Å². The highest BCUT2D eigenvalue weighted by molar-refractivity contribution is 6.30. The van der Waals surface area contributed by atoms with Crippen molar-refractivity contribution in [3.05, 3.63) is 82.2 Å². The second-order valence-corrected chi connectivity index (χ2v) is 11.6. The molecule has 13 heteroatoms. The van der Waals surface area contributed by atoms with Crippen molar-refractivity contribution in [1.82, 2.24) is 20.3 Å². The third kappa shape index (κ3) is 6.54. The van der Waals surface area contributed by atoms with Gasteiger partial charge in [0.15, 0.2) is 5.78 Å². The number of carboxylic acid groups (broad SMARTS) is 1. The molecule has 1 aromatic heterocycles. The number of aliphatic imine (C=N–C) groups is 1. The number of rotatable bonds is 7. The van der Waals surface area contributed by atoms with Gasteiger partial charge >= 0.3 is 12.0 Å². The van der Waals surface area contributed by atoms with Gasteiger partial charge in [-0.3, -0.25) is 24.3 Å². The summed E-state index contributed by atoms with van der Waals surface area (Å²) in [6.07, 6.45) is 0.726. The summed E-state index contributed by atoms with van der Waals surface area (Å²) in [7, 11) is 0. The van der Waals surface area contributed by atoms with E-state index in [4.69, 9.17) is 25.9 Å². The van der Waals surface area contributed by atoms with Crippen LogP contribution in [0.3, 0.4) is 0 Å². The second-order valence-electron chi connectivity index (χ2n) is 11.2. The van der Waals surface area contributed by atoms with Crippen molar-refractivity contribution in [2.45, 2.75) is 44.9 Å². The summed E-state index contributed by atoms with van der Waals surface area (Å²) >= 11 is 6.20. The second kappa shape index (κ2) is 11.9. The predicted molar refractivity (Wildman–Crippen MR) is 155 cm³/mol. The van der Waals surface area contributed by atoms with Gasteiger partial charge in [0, 0.05) is 29.7 Å². The number of urea groups is 1. The van der Waals surface area contributed by atoms with Crippen molar-refractivity contribution in [2.75, 3.05) is 19.6 Å². The van der Waals surface area contributed by atoms with Crippen LogP contribution in [0.5, 0.6) is 5.75 Å². The van der Waals surface area contributed by atoms with Gasteiger partial charge in [-0.15, -0.1) is 0 Å². The van der Waals surface area contributed by atoms with E-state index in [1.54, 1.807) is 36.4 Å². The molecule has 2 N–H and O–H groups in total. The Kier molecular flexibility index (Phi) is 8.23. The number of nitrogens with zero attached hydrogens (tertiary/aromatic N) is 4. The number of nitrogens with one attached hydrogen (secondary N) is 1. The van der Waals surface area contributed by atoms with Gasteiger partial charge in [-0.2, -0.15) is 0 Å². The number of Topliss-reactive ketones (excluding diaryl/α,β-unsaturated/α-hetero) is 1. The molecule has 2 atom stereocenters. The molecule has 1 fully saturated rings. The highest BCUT2D eigenvalue weighted by atomic mass is 35.5. The molecular formula is C30H30ClN5O7. The van der Waals surface area contributed by atoms with Crippen LogP contribution in [0.15, 0.2) is 64.3 Å². The zero-order valence-corrected chi connectivity index (χ0v) is 24.5. The molecule has 5 rings (SSSR count). The van der Waals surface area contributed by atoms with E-state index < -0.39 is 41.9 Å². The van der Waals surface area contributed by atoms with Crippen molar-refractivity contribution in [3.63, 3.8) is 0 Å². The number of benzene rings is 2. The Bertz CT molecular complexity index is 1580. The van der Waals surface area contributed by atoms with Crippen LogP contribution < -0.4 is 10.1 Å². The molecule has 224 valence electrons. The van der Waals surface area contributed by atoms with Crippen LogP contribution in [-0.4, -0.2) is 74.8 Å². The summed E-state index contributed by atoms with van der Waals surface area (Å²) in [5.41, 5.74) is 0.968. The number of halogens is 1. The van der Waals surface area contributed by atoms with Crippen LogP contribution in [0, 0.1) is 0 Å². The normalized spacial score (nSPS) is 18.7. The number of ketones is 1. The highest BCUT2D eigenvalue weighted by Gasteiger charge is 2.46. The lowest BCUT2D eigenvalue weighted by Gasteiger charge is -2.35. The Hall–Kier alpha value is -4.71. The van der Waals surface area contributed by atoms with Crippen molar-refractivity contribution < 1.29 is 33.5 Å². The lowest BCUT2D eigenvalue weighted by atomic mass is 9.97. The number of piperazine rings is 1. The maximum Gasteiger partial charge on any atom is 0.326 e. The van der Waals surface area contributed by atoms with Crippen LogP contribution in [0.2, 0.25) is 5.02 Å². The number of hydrogen-bond acceptors (Lipinski definition) is 8. The van der Waals surface area contributed by atoms with E-state index in [-0.39, 0.29) is 36.1 Å². The average Bonchev–Trinajstić information content (AvgIpc) is 3.60. The molecule has 3 amide bonds. The van der Waals surface area contributed by atoms with Crippen molar-refractivity contribution in [1.29, 1.82) is 0 Å². The number of ether oxygens (including phenoxy) is 1. The third-order valence-electron chi connectivity index (χ3n) is 6.83. The van der Waals surface area contributed by atoms with E-state index in [1.165, 1.54) is 28.2 Å². The van der Waals surface area contributed by atoms with Crippen molar-refractivity contribution >= 4 is 41.1 Å². The number of aromatic nitrogens is 1. The standard InChI is InChI=1S/C30H30ClN5O7/c1-30(2,3)43-23-14-18(22(37)15-25(39)40)6-9-20(23)28-33-26(21-10-13-42-34-21)27(17-4-7-19(31)8-5-17)36(28)29(41)35-12-11-32-24(38)16-35/h4-10,13-14,26-27H,11-12,15-16H2,1-3H3,(H,32,38)(H,39,40)/t26-,27+/m0/s1. The maximum atomic E-state index is 14.3. The Balaban J connectivity index is 1.69. The molecule has 12 nitrogen and oxygen atoms in total. The minimum atomic E-state index is -1.25.